The molecule has 2 aromatic heterocycles. The largest absolute Gasteiger partial charge is 0.427 e. The van der Waals surface area contributed by atoms with Crippen molar-refractivity contribution in [2.75, 3.05) is 5.32 Å². The van der Waals surface area contributed by atoms with Crippen LogP contribution in [0.5, 0.6) is 0 Å². The number of nitrogens with zero attached hydrogens (tertiary/aromatic N) is 2. The van der Waals surface area contributed by atoms with Gasteiger partial charge in [0.25, 0.3) is 11.1 Å². The van der Waals surface area contributed by atoms with Crippen molar-refractivity contribution >= 4 is 22.6 Å². The number of H-pyrrole nitrogens is 2. The van der Waals surface area contributed by atoms with E-state index in [0.717, 1.165) is 22.2 Å². The summed E-state index contributed by atoms with van der Waals surface area (Å²) in [7, 11) is 0. The Balaban J connectivity index is 1.74. The quantitative estimate of drug-likeness (QED) is 0.329. The fourth-order valence-corrected chi connectivity index (χ4v) is 4.80. The Labute approximate surface area is 209 Å². The third-order valence-corrected chi connectivity index (χ3v) is 6.56. The molecular formula is C25H19F6N5O2. The summed E-state index contributed by atoms with van der Waals surface area (Å²) in [5.74, 6) is -1.70. The Kier molecular flexibility index (Phi) is 5.76. The lowest BCUT2D eigenvalue weighted by molar-refractivity contribution is -0.301. The van der Waals surface area contributed by atoms with Crippen LogP contribution in [-0.4, -0.2) is 32.7 Å². The number of hydrogen-bond acceptors (Lipinski definition) is 4. The molecule has 0 bridgehead atoms. The van der Waals surface area contributed by atoms with Crippen molar-refractivity contribution in [3.05, 3.63) is 97.8 Å². The number of aliphatic imine (C=N–C) groups is 1. The summed E-state index contributed by atoms with van der Waals surface area (Å²) in [4.78, 5) is 33.4. The molecule has 0 unspecified atom stereocenters. The SMILES string of the molecule is Cc1[nH]c2ccccc2c1CCn1c2c(c(=O)[nH]c1=O)C(C(F)(F)F)(C(F)(F)F)N=C(c1ccccc1)N2. The highest BCUT2D eigenvalue weighted by Crippen LogP contribution is 2.55. The lowest BCUT2D eigenvalue weighted by atomic mass is 9.87. The van der Waals surface area contributed by atoms with Crippen molar-refractivity contribution in [2.45, 2.75) is 37.8 Å². The van der Waals surface area contributed by atoms with E-state index < -0.39 is 46.4 Å². The number of hydrogen-bond donors (Lipinski definition) is 3. The molecule has 2 aromatic carbocycles. The normalized spacial score (nSPS) is 15.2. The summed E-state index contributed by atoms with van der Waals surface area (Å²) < 4.78 is 87.1. The molecule has 13 heteroatoms. The Morgan fingerprint density at radius 3 is 2.18 bits per heavy atom. The minimum absolute atomic E-state index is 0.0682. The number of aryl methyl sites for hydroxylation is 2. The topological polar surface area (TPSA) is 95.0 Å². The number of aromatic nitrogens is 3. The van der Waals surface area contributed by atoms with Crippen molar-refractivity contribution in [1.29, 1.82) is 0 Å². The van der Waals surface area contributed by atoms with Crippen LogP contribution in [0.3, 0.4) is 0 Å². The summed E-state index contributed by atoms with van der Waals surface area (Å²) in [5.41, 5.74) is -7.52. The molecule has 0 spiro atoms. The van der Waals surface area contributed by atoms with Crippen LogP contribution in [0.1, 0.15) is 22.4 Å². The molecule has 7 nitrogen and oxygen atoms in total. The van der Waals surface area contributed by atoms with E-state index in [2.05, 4.69) is 15.3 Å². The maximum absolute atomic E-state index is 14.4. The van der Waals surface area contributed by atoms with Crippen molar-refractivity contribution < 1.29 is 26.3 Å². The summed E-state index contributed by atoms with van der Waals surface area (Å²) in [5, 5.41) is 3.22. The molecule has 0 amide bonds. The van der Waals surface area contributed by atoms with Gasteiger partial charge in [-0.2, -0.15) is 26.3 Å². The van der Waals surface area contributed by atoms with Gasteiger partial charge in [-0.1, -0.05) is 48.5 Å². The zero-order valence-electron chi connectivity index (χ0n) is 19.6. The summed E-state index contributed by atoms with van der Waals surface area (Å²) in [6, 6.07) is 14.0. The predicted octanol–water partition coefficient (Wildman–Crippen LogP) is 4.76. The van der Waals surface area contributed by atoms with Gasteiger partial charge in [0.1, 0.15) is 17.2 Å². The van der Waals surface area contributed by atoms with E-state index in [0.29, 0.717) is 4.57 Å². The minimum atomic E-state index is -6.06. The molecule has 0 saturated carbocycles. The highest BCUT2D eigenvalue weighted by molar-refractivity contribution is 6.09. The minimum Gasteiger partial charge on any atom is -0.358 e. The molecule has 3 N–H and O–H groups in total. The zero-order valence-corrected chi connectivity index (χ0v) is 19.6. The molecular weight excluding hydrogens is 516 g/mol. The van der Waals surface area contributed by atoms with Crippen LogP contribution in [0, 0.1) is 6.92 Å². The number of aromatic amines is 2. The van der Waals surface area contributed by atoms with Crippen LogP contribution in [0.4, 0.5) is 32.2 Å². The van der Waals surface area contributed by atoms with Gasteiger partial charge in [0, 0.05) is 28.7 Å². The molecule has 1 aliphatic heterocycles. The van der Waals surface area contributed by atoms with E-state index in [1.807, 2.05) is 6.07 Å². The van der Waals surface area contributed by atoms with Gasteiger partial charge in [-0.05, 0) is 25.0 Å². The lowest BCUT2D eigenvalue weighted by Crippen LogP contribution is -2.59. The van der Waals surface area contributed by atoms with Crippen LogP contribution in [-0.2, 0) is 18.5 Å². The monoisotopic (exact) mass is 535 g/mol. The predicted molar refractivity (Wildman–Crippen MR) is 128 cm³/mol. The van der Waals surface area contributed by atoms with Crippen molar-refractivity contribution in [3.8, 4) is 0 Å². The molecule has 38 heavy (non-hydrogen) atoms. The number of fused-ring (bicyclic) bond motifs is 2. The molecule has 0 aliphatic carbocycles. The third-order valence-electron chi connectivity index (χ3n) is 6.56. The third kappa shape index (κ3) is 3.80. The fourth-order valence-electron chi connectivity index (χ4n) is 4.80. The van der Waals surface area contributed by atoms with Gasteiger partial charge in [0.15, 0.2) is 0 Å². The maximum atomic E-state index is 14.4. The smallest absolute Gasteiger partial charge is 0.358 e. The van der Waals surface area contributed by atoms with Gasteiger partial charge in [0.05, 0.1) is 0 Å². The van der Waals surface area contributed by atoms with Crippen molar-refractivity contribution in [2.24, 2.45) is 4.99 Å². The number of rotatable bonds is 4. The first-order chi connectivity index (χ1) is 17.8. The van der Waals surface area contributed by atoms with E-state index in [-0.39, 0.29) is 18.5 Å². The molecule has 4 aromatic rings. The Hall–Kier alpha value is -4.29. The van der Waals surface area contributed by atoms with E-state index >= 15 is 0 Å². The lowest BCUT2D eigenvalue weighted by Gasteiger charge is -2.38. The molecule has 0 saturated heterocycles. The second-order valence-corrected chi connectivity index (χ2v) is 8.82. The first-order valence-corrected chi connectivity index (χ1v) is 11.3. The standard InChI is InChI=1S/C25H19F6N5O2/c1-13-15(16-9-5-6-10-17(16)32-13)11-12-36-20-18(21(37)34-22(36)38)23(24(26,27)28,25(29,30)31)35-19(33-20)14-7-3-2-4-8-14/h2-10,32H,11-12H2,1H3,(H,33,35)(H,34,37,38). The van der Waals surface area contributed by atoms with Gasteiger partial charge < -0.3 is 10.3 Å². The van der Waals surface area contributed by atoms with Crippen LogP contribution in [0.25, 0.3) is 10.9 Å². The maximum Gasteiger partial charge on any atom is 0.427 e. The fraction of sp³-hybridized carbons (Fsp3) is 0.240. The van der Waals surface area contributed by atoms with Gasteiger partial charge >= 0.3 is 18.0 Å². The van der Waals surface area contributed by atoms with Crippen molar-refractivity contribution in [1.82, 2.24) is 14.5 Å². The number of para-hydroxylation sites is 1. The summed E-state index contributed by atoms with van der Waals surface area (Å²) >= 11 is 0. The number of nitrogens with one attached hydrogen (secondary N) is 3. The van der Waals surface area contributed by atoms with Gasteiger partial charge in [-0.25, -0.2) is 9.79 Å². The van der Waals surface area contributed by atoms with E-state index in [9.17, 15) is 35.9 Å². The van der Waals surface area contributed by atoms with E-state index in [4.69, 9.17) is 0 Å². The van der Waals surface area contributed by atoms with Crippen molar-refractivity contribution in [3.63, 3.8) is 0 Å². The van der Waals surface area contributed by atoms with Gasteiger partial charge in [0.2, 0.25) is 0 Å². The van der Waals surface area contributed by atoms with E-state index in [1.54, 1.807) is 30.1 Å². The first kappa shape index (κ1) is 25.4. The van der Waals surface area contributed by atoms with Crippen LogP contribution in [0.2, 0.25) is 0 Å². The van der Waals surface area contributed by atoms with Crippen LogP contribution in [0.15, 0.2) is 69.2 Å². The van der Waals surface area contributed by atoms with Crippen LogP contribution < -0.4 is 16.6 Å². The number of benzene rings is 2. The molecule has 198 valence electrons. The average Bonchev–Trinajstić information content (AvgIpc) is 3.17. The Morgan fingerprint density at radius 2 is 1.53 bits per heavy atom. The first-order valence-electron chi connectivity index (χ1n) is 11.3. The van der Waals surface area contributed by atoms with Gasteiger partial charge in [-0.15, -0.1) is 0 Å². The molecule has 0 fully saturated rings. The molecule has 0 atom stereocenters. The van der Waals surface area contributed by atoms with E-state index in [1.165, 1.54) is 30.3 Å². The van der Waals surface area contributed by atoms with Gasteiger partial charge in [-0.3, -0.25) is 14.3 Å². The average molecular weight is 535 g/mol. The summed E-state index contributed by atoms with van der Waals surface area (Å²) in [6.45, 7) is 1.43. The van der Waals surface area contributed by atoms with Crippen LogP contribution >= 0.6 is 0 Å². The molecule has 0 radical (unpaired) electrons. The molecule has 3 heterocycles. The Morgan fingerprint density at radius 1 is 0.895 bits per heavy atom. The highest BCUT2D eigenvalue weighted by atomic mass is 19.4. The second-order valence-electron chi connectivity index (χ2n) is 8.82. The second kappa shape index (κ2) is 8.64. The highest BCUT2D eigenvalue weighted by Gasteiger charge is 2.75. The summed E-state index contributed by atoms with van der Waals surface area (Å²) in [6.07, 6.45) is -12.1. The number of halogens is 6. The zero-order chi connectivity index (χ0) is 27.5. The number of anilines is 1. The molecule has 5 rings (SSSR count). The molecule has 1 aliphatic rings. The number of amidine groups is 1. The number of alkyl halides is 6. The Bertz CT molecular complexity index is 1670.